The van der Waals surface area contributed by atoms with Gasteiger partial charge in [-0.15, -0.1) is 0 Å². The van der Waals surface area contributed by atoms with Crippen LogP contribution in [-0.2, 0) is 11.2 Å². The fourth-order valence-electron chi connectivity index (χ4n) is 6.15. The Labute approximate surface area is 258 Å². The van der Waals surface area contributed by atoms with Crippen molar-refractivity contribution in [3.8, 4) is 0 Å². The molecule has 4 N–H and O–H groups in total. The molecule has 6 heteroatoms. The highest BCUT2D eigenvalue weighted by molar-refractivity contribution is 5.98. The van der Waals surface area contributed by atoms with Crippen LogP contribution >= 0.6 is 0 Å². The summed E-state index contributed by atoms with van der Waals surface area (Å²) in [6.45, 7) is 1.55. The molecule has 1 aliphatic rings. The molecule has 1 fully saturated rings. The van der Waals surface area contributed by atoms with E-state index in [4.69, 9.17) is 5.73 Å². The summed E-state index contributed by atoms with van der Waals surface area (Å²) in [6.07, 6.45) is 1.18. The first-order valence-corrected chi connectivity index (χ1v) is 15.3. The van der Waals surface area contributed by atoms with Gasteiger partial charge in [0.1, 0.15) is 0 Å². The molecule has 6 nitrogen and oxygen atoms in total. The van der Waals surface area contributed by atoms with Crippen LogP contribution in [0.1, 0.15) is 39.4 Å². The molecular formula is C38H38N4O2. The zero-order valence-corrected chi connectivity index (χ0v) is 24.7. The standard InChI is InChI=1S/C38H38N4O2/c39-35-18-10-9-17-31(35)24-36-38(44)42(26-34(28-12-3-1-4-13-28)29-14-5-2-6-15-29)22-21-33(41-36)25-40-37(43)32-20-19-27-11-7-8-16-30(27)23-32/h1-20,23,33-34,36,41H,21-22,24-26,39H2,(H,40,43)/t33-,36-/m0/s1. The summed E-state index contributed by atoms with van der Waals surface area (Å²) in [7, 11) is 0. The SMILES string of the molecule is Nc1ccccc1C[C@@H]1N[C@H](CNC(=O)c2ccc3ccccc3c2)CCN(CC(c2ccccc2)c2ccccc2)C1=O. The first kappa shape index (κ1) is 29.1. The van der Waals surface area contributed by atoms with Gasteiger partial charge in [-0.05, 0) is 58.5 Å². The fourth-order valence-corrected chi connectivity index (χ4v) is 6.15. The van der Waals surface area contributed by atoms with Crippen molar-refractivity contribution >= 4 is 28.3 Å². The molecule has 1 heterocycles. The Balaban J connectivity index is 1.22. The molecule has 0 aromatic heterocycles. The second kappa shape index (κ2) is 13.6. The number of hydrogen-bond acceptors (Lipinski definition) is 4. The predicted molar refractivity (Wildman–Crippen MR) is 177 cm³/mol. The van der Waals surface area contributed by atoms with Crippen LogP contribution in [0.15, 0.2) is 127 Å². The Morgan fingerprint density at radius 2 is 1.45 bits per heavy atom. The van der Waals surface area contributed by atoms with Crippen molar-refractivity contribution in [2.75, 3.05) is 25.4 Å². The first-order chi connectivity index (χ1) is 21.5. The number of carbonyl (C=O) groups excluding carboxylic acids is 2. The number of amides is 2. The summed E-state index contributed by atoms with van der Waals surface area (Å²) < 4.78 is 0. The molecule has 0 aliphatic carbocycles. The van der Waals surface area contributed by atoms with Crippen molar-refractivity contribution in [1.29, 1.82) is 0 Å². The molecule has 5 aromatic rings. The normalized spacial score (nSPS) is 17.0. The summed E-state index contributed by atoms with van der Waals surface area (Å²) in [6, 6.07) is 41.7. The van der Waals surface area contributed by atoms with Crippen molar-refractivity contribution in [2.45, 2.75) is 30.8 Å². The van der Waals surface area contributed by atoms with Crippen LogP contribution in [0.4, 0.5) is 5.69 Å². The van der Waals surface area contributed by atoms with Gasteiger partial charge in [0.15, 0.2) is 0 Å². The molecule has 0 spiro atoms. The number of nitrogens with two attached hydrogens (primary N) is 1. The molecule has 2 atom stereocenters. The highest BCUT2D eigenvalue weighted by atomic mass is 16.2. The van der Waals surface area contributed by atoms with Crippen LogP contribution in [0.5, 0.6) is 0 Å². The Morgan fingerprint density at radius 3 is 2.16 bits per heavy atom. The highest BCUT2D eigenvalue weighted by Crippen LogP contribution is 2.27. The number of carbonyl (C=O) groups is 2. The van der Waals surface area contributed by atoms with Crippen molar-refractivity contribution < 1.29 is 9.59 Å². The topological polar surface area (TPSA) is 87.5 Å². The van der Waals surface area contributed by atoms with Crippen LogP contribution in [0.25, 0.3) is 10.8 Å². The van der Waals surface area contributed by atoms with E-state index in [9.17, 15) is 9.59 Å². The van der Waals surface area contributed by atoms with Crippen LogP contribution in [0, 0.1) is 0 Å². The number of nitrogens with one attached hydrogen (secondary N) is 2. The maximum absolute atomic E-state index is 14.2. The lowest BCUT2D eigenvalue weighted by Gasteiger charge is -2.29. The van der Waals surface area contributed by atoms with Gasteiger partial charge in [0.25, 0.3) is 5.91 Å². The maximum Gasteiger partial charge on any atom is 0.251 e. The van der Waals surface area contributed by atoms with Crippen LogP contribution in [0.2, 0.25) is 0 Å². The van der Waals surface area contributed by atoms with Gasteiger partial charge in [0.05, 0.1) is 6.04 Å². The van der Waals surface area contributed by atoms with Crippen LogP contribution in [0.3, 0.4) is 0 Å². The van der Waals surface area contributed by atoms with Gasteiger partial charge in [0.2, 0.25) is 5.91 Å². The second-order valence-corrected chi connectivity index (χ2v) is 11.5. The minimum atomic E-state index is -0.475. The van der Waals surface area contributed by atoms with Gasteiger partial charge in [-0.25, -0.2) is 0 Å². The Bertz CT molecular complexity index is 1680. The van der Waals surface area contributed by atoms with Crippen molar-refractivity contribution in [1.82, 2.24) is 15.5 Å². The number of nitrogens with zero attached hydrogens (tertiary/aromatic N) is 1. The molecule has 44 heavy (non-hydrogen) atoms. The predicted octanol–water partition coefficient (Wildman–Crippen LogP) is 5.79. The third-order valence-corrected chi connectivity index (χ3v) is 8.60. The fraction of sp³-hybridized carbons (Fsp3) is 0.211. The van der Waals surface area contributed by atoms with Gasteiger partial charge in [-0.1, -0.05) is 109 Å². The monoisotopic (exact) mass is 582 g/mol. The minimum absolute atomic E-state index is 0.0351. The Morgan fingerprint density at radius 1 is 0.818 bits per heavy atom. The van der Waals surface area contributed by atoms with E-state index >= 15 is 0 Å². The van der Waals surface area contributed by atoms with Crippen LogP contribution < -0.4 is 16.4 Å². The van der Waals surface area contributed by atoms with Gasteiger partial charge in [-0.2, -0.15) is 0 Å². The van der Waals surface area contributed by atoms with E-state index < -0.39 is 6.04 Å². The van der Waals surface area contributed by atoms with Gasteiger partial charge in [0, 0.05) is 42.8 Å². The summed E-state index contributed by atoms with van der Waals surface area (Å²) in [5.41, 5.74) is 10.9. The number of benzene rings is 5. The highest BCUT2D eigenvalue weighted by Gasteiger charge is 2.33. The van der Waals surface area contributed by atoms with E-state index in [0.29, 0.717) is 43.7 Å². The number of rotatable bonds is 9. The molecule has 0 saturated carbocycles. The summed E-state index contributed by atoms with van der Waals surface area (Å²) in [4.78, 5) is 29.4. The smallest absolute Gasteiger partial charge is 0.251 e. The molecule has 222 valence electrons. The Kier molecular flexibility index (Phi) is 8.99. The summed E-state index contributed by atoms with van der Waals surface area (Å²) in [5, 5.41) is 8.85. The van der Waals surface area contributed by atoms with E-state index in [1.54, 1.807) is 0 Å². The molecule has 1 aliphatic heterocycles. The van der Waals surface area contributed by atoms with Crippen molar-refractivity contribution in [3.05, 3.63) is 150 Å². The summed E-state index contributed by atoms with van der Waals surface area (Å²) >= 11 is 0. The molecule has 5 aromatic carbocycles. The maximum atomic E-state index is 14.2. The third kappa shape index (κ3) is 6.82. The average Bonchev–Trinajstić information content (AvgIpc) is 3.21. The quantitative estimate of drug-likeness (QED) is 0.192. The average molecular weight is 583 g/mol. The number of nitrogen functional groups attached to an aromatic ring is 1. The number of hydrogen-bond donors (Lipinski definition) is 3. The summed E-state index contributed by atoms with van der Waals surface area (Å²) in [5.74, 6) is -0.0384. The molecule has 0 bridgehead atoms. The lowest BCUT2D eigenvalue weighted by atomic mass is 9.90. The zero-order valence-electron chi connectivity index (χ0n) is 24.7. The molecular weight excluding hydrogens is 544 g/mol. The van der Waals surface area contributed by atoms with E-state index in [0.717, 1.165) is 16.3 Å². The second-order valence-electron chi connectivity index (χ2n) is 11.5. The van der Waals surface area contributed by atoms with Gasteiger partial charge >= 0.3 is 0 Å². The van der Waals surface area contributed by atoms with Gasteiger partial charge in [-0.3, -0.25) is 9.59 Å². The molecule has 6 rings (SSSR count). The van der Waals surface area contributed by atoms with Gasteiger partial charge < -0.3 is 21.3 Å². The third-order valence-electron chi connectivity index (χ3n) is 8.60. The molecule has 1 saturated heterocycles. The minimum Gasteiger partial charge on any atom is -0.399 e. The van der Waals surface area contributed by atoms with Crippen molar-refractivity contribution in [3.63, 3.8) is 0 Å². The zero-order chi connectivity index (χ0) is 30.3. The number of anilines is 1. The molecule has 2 amide bonds. The van der Waals surface area contributed by atoms with E-state index in [1.165, 1.54) is 11.1 Å². The van der Waals surface area contributed by atoms with E-state index in [2.05, 4.69) is 34.9 Å². The molecule has 0 radical (unpaired) electrons. The lowest BCUT2D eigenvalue weighted by Crippen LogP contribution is -2.50. The van der Waals surface area contributed by atoms with E-state index in [1.807, 2.05) is 108 Å². The van der Waals surface area contributed by atoms with Crippen molar-refractivity contribution in [2.24, 2.45) is 0 Å². The number of para-hydroxylation sites is 1. The van der Waals surface area contributed by atoms with E-state index in [-0.39, 0.29) is 23.8 Å². The molecule has 0 unspecified atom stereocenters. The van der Waals surface area contributed by atoms with Crippen LogP contribution in [-0.4, -0.2) is 48.4 Å². The number of fused-ring (bicyclic) bond motifs is 1. The Hall–Kier alpha value is -4.94. The largest absolute Gasteiger partial charge is 0.399 e. The first-order valence-electron chi connectivity index (χ1n) is 15.3. The lowest BCUT2D eigenvalue weighted by molar-refractivity contribution is -0.132.